The molecule has 7 heteroatoms. The van der Waals surface area contributed by atoms with Crippen molar-refractivity contribution in [3.63, 3.8) is 0 Å². The summed E-state index contributed by atoms with van der Waals surface area (Å²) in [5.41, 5.74) is 0.759. The van der Waals surface area contributed by atoms with Crippen LogP contribution in [0.15, 0.2) is 51.7 Å². The van der Waals surface area contributed by atoms with Gasteiger partial charge < -0.3 is 23.7 Å². The fourth-order valence-corrected chi connectivity index (χ4v) is 2.50. The SMILES string of the molecule is COc1ccc(-c2cc(=O)c3cc(OCC(=O)O)ccc3o2)cc1OC. The molecule has 134 valence electrons. The Morgan fingerprint density at radius 1 is 1.04 bits per heavy atom. The van der Waals surface area contributed by atoms with E-state index in [1.165, 1.54) is 26.4 Å². The fraction of sp³-hybridized carbons (Fsp3) is 0.158. The molecular formula is C19H16O7. The van der Waals surface area contributed by atoms with E-state index in [1.807, 2.05) is 0 Å². The molecule has 1 N–H and O–H groups in total. The van der Waals surface area contributed by atoms with Crippen molar-refractivity contribution in [3.8, 4) is 28.6 Å². The smallest absolute Gasteiger partial charge is 0.341 e. The summed E-state index contributed by atoms with van der Waals surface area (Å²) in [4.78, 5) is 23.0. The molecule has 0 aliphatic carbocycles. The van der Waals surface area contributed by atoms with Crippen LogP contribution in [0, 0.1) is 0 Å². The largest absolute Gasteiger partial charge is 0.493 e. The van der Waals surface area contributed by atoms with Gasteiger partial charge in [-0.25, -0.2) is 4.79 Å². The second-order valence-electron chi connectivity index (χ2n) is 5.39. The van der Waals surface area contributed by atoms with Crippen molar-refractivity contribution in [2.75, 3.05) is 20.8 Å². The number of carbonyl (C=O) groups is 1. The Labute approximate surface area is 148 Å². The number of methoxy groups -OCH3 is 2. The number of ether oxygens (including phenoxy) is 3. The zero-order valence-corrected chi connectivity index (χ0v) is 14.1. The Balaban J connectivity index is 2.02. The third kappa shape index (κ3) is 3.46. The first-order valence-corrected chi connectivity index (χ1v) is 7.66. The highest BCUT2D eigenvalue weighted by atomic mass is 16.5. The Kier molecular flexibility index (Phi) is 4.79. The second kappa shape index (κ2) is 7.18. The molecule has 0 fully saturated rings. The minimum absolute atomic E-state index is 0.267. The van der Waals surface area contributed by atoms with Gasteiger partial charge in [0.15, 0.2) is 23.5 Å². The van der Waals surface area contributed by atoms with E-state index in [-0.39, 0.29) is 11.2 Å². The van der Waals surface area contributed by atoms with Gasteiger partial charge in [0.05, 0.1) is 19.6 Å². The Morgan fingerprint density at radius 2 is 1.81 bits per heavy atom. The van der Waals surface area contributed by atoms with Crippen molar-refractivity contribution in [2.24, 2.45) is 0 Å². The molecule has 0 aliphatic rings. The number of aliphatic carboxylic acids is 1. The summed E-state index contributed by atoms with van der Waals surface area (Å²) in [7, 11) is 3.06. The number of hydrogen-bond acceptors (Lipinski definition) is 6. The summed E-state index contributed by atoms with van der Waals surface area (Å²) in [6, 6.07) is 11.1. The predicted molar refractivity (Wildman–Crippen MR) is 94.2 cm³/mol. The molecule has 0 saturated carbocycles. The van der Waals surface area contributed by atoms with E-state index in [0.717, 1.165) is 0 Å². The standard InChI is InChI=1S/C19H16O7/c1-23-16-5-3-11(7-18(16)24-2)17-9-14(20)13-8-12(25-10-19(21)22)4-6-15(13)26-17/h3-9H,10H2,1-2H3,(H,21,22). The first kappa shape index (κ1) is 17.3. The van der Waals surface area contributed by atoms with Crippen molar-refractivity contribution in [1.82, 2.24) is 0 Å². The molecule has 2 aromatic carbocycles. The van der Waals surface area contributed by atoms with Gasteiger partial charge in [-0.05, 0) is 36.4 Å². The molecule has 3 aromatic rings. The summed E-state index contributed by atoms with van der Waals surface area (Å²) in [5, 5.41) is 8.96. The maximum atomic E-state index is 12.5. The Morgan fingerprint density at radius 3 is 2.50 bits per heavy atom. The van der Waals surface area contributed by atoms with Crippen LogP contribution >= 0.6 is 0 Å². The molecule has 1 heterocycles. The minimum atomic E-state index is -1.10. The maximum Gasteiger partial charge on any atom is 0.341 e. The normalized spacial score (nSPS) is 10.5. The second-order valence-corrected chi connectivity index (χ2v) is 5.39. The lowest BCUT2D eigenvalue weighted by molar-refractivity contribution is -0.139. The molecule has 0 radical (unpaired) electrons. The number of rotatable bonds is 6. The van der Waals surface area contributed by atoms with E-state index in [9.17, 15) is 9.59 Å². The highest BCUT2D eigenvalue weighted by Gasteiger charge is 2.12. The lowest BCUT2D eigenvalue weighted by Gasteiger charge is -2.10. The number of carboxylic acids is 1. The van der Waals surface area contributed by atoms with Crippen LogP contribution in [-0.4, -0.2) is 31.9 Å². The van der Waals surface area contributed by atoms with Gasteiger partial charge in [0.2, 0.25) is 0 Å². The van der Waals surface area contributed by atoms with Crippen molar-refractivity contribution < 1.29 is 28.5 Å². The zero-order valence-electron chi connectivity index (χ0n) is 14.1. The van der Waals surface area contributed by atoms with E-state index in [0.29, 0.717) is 33.8 Å². The van der Waals surface area contributed by atoms with Gasteiger partial charge >= 0.3 is 5.97 Å². The highest BCUT2D eigenvalue weighted by Crippen LogP contribution is 2.33. The van der Waals surface area contributed by atoms with Gasteiger partial charge in [0.25, 0.3) is 0 Å². The van der Waals surface area contributed by atoms with Gasteiger partial charge in [-0.15, -0.1) is 0 Å². The van der Waals surface area contributed by atoms with Crippen LogP contribution in [0.4, 0.5) is 0 Å². The molecule has 0 unspecified atom stereocenters. The Bertz CT molecular complexity index is 1020. The summed E-state index contributed by atoms with van der Waals surface area (Å²) in [6.45, 7) is -0.486. The molecule has 1 aromatic heterocycles. The average molecular weight is 356 g/mol. The van der Waals surface area contributed by atoms with E-state index < -0.39 is 12.6 Å². The van der Waals surface area contributed by atoms with Crippen molar-refractivity contribution in [2.45, 2.75) is 0 Å². The summed E-state index contributed by atoms with van der Waals surface area (Å²) in [6.07, 6.45) is 0. The van der Waals surface area contributed by atoms with Crippen LogP contribution in [0.1, 0.15) is 0 Å². The topological polar surface area (TPSA) is 95.2 Å². The summed E-state index contributed by atoms with van der Waals surface area (Å²) in [5.74, 6) is 0.652. The first-order chi connectivity index (χ1) is 12.5. The molecule has 0 aliphatic heterocycles. The van der Waals surface area contributed by atoms with Gasteiger partial charge in [-0.2, -0.15) is 0 Å². The fourth-order valence-electron chi connectivity index (χ4n) is 2.50. The van der Waals surface area contributed by atoms with Crippen molar-refractivity contribution >= 4 is 16.9 Å². The van der Waals surface area contributed by atoms with Crippen molar-refractivity contribution in [1.29, 1.82) is 0 Å². The summed E-state index contributed by atoms with van der Waals surface area (Å²) < 4.78 is 21.4. The molecule has 0 amide bonds. The lowest BCUT2D eigenvalue weighted by atomic mass is 10.1. The van der Waals surface area contributed by atoms with Crippen LogP contribution in [0.2, 0.25) is 0 Å². The molecule has 3 rings (SSSR count). The van der Waals surface area contributed by atoms with Gasteiger partial charge in [0, 0.05) is 11.6 Å². The molecule has 0 spiro atoms. The van der Waals surface area contributed by atoms with Crippen LogP contribution in [-0.2, 0) is 4.79 Å². The Hall–Kier alpha value is -3.48. The first-order valence-electron chi connectivity index (χ1n) is 7.66. The van der Waals surface area contributed by atoms with Crippen LogP contribution in [0.3, 0.4) is 0 Å². The number of hydrogen-bond donors (Lipinski definition) is 1. The molecule has 26 heavy (non-hydrogen) atoms. The monoisotopic (exact) mass is 356 g/mol. The number of carboxylic acid groups (broad SMARTS) is 1. The van der Waals surface area contributed by atoms with Gasteiger partial charge in [-0.3, -0.25) is 4.79 Å². The van der Waals surface area contributed by atoms with E-state index >= 15 is 0 Å². The van der Waals surface area contributed by atoms with Crippen molar-refractivity contribution in [3.05, 3.63) is 52.7 Å². The quantitative estimate of drug-likeness (QED) is 0.725. The van der Waals surface area contributed by atoms with Crippen LogP contribution in [0.25, 0.3) is 22.3 Å². The number of benzene rings is 2. The third-order valence-electron chi connectivity index (χ3n) is 3.73. The van der Waals surface area contributed by atoms with Gasteiger partial charge in [-0.1, -0.05) is 0 Å². The van der Waals surface area contributed by atoms with E-state index in [1.54, 1.807) is 30.3 Å². The van der Waals surface area contributed by atoms with Crippen LogP contribution < -0.4 is 19.6 Å². The van der Waals surface area contributed by atoms with E-state index in [2.05, 4.69) is 0 Å². The molecule has 7 nitrogen and oxygen atoms in total. The average Bonchev–Trinajstić information content (AvgIpc) is 2.65. The zero-order chi connectivity index (χ0) is 18.7. The molecule has 0 saturated heterocycles. The molecule has 0 bridgehead atoms. The van der Waals surface area contributed by atoms with E-state index in [4.69, 9.17) is 23.7 Å². The third-order valence-corrected chi connectivity index (χ3v) is 3.73. The lowest BCUT2D eigenvalue weighted by Crippen LogP contribution is -2.09. The highest BCUT2D eigenvalue weighted by molar-refractivity contribution is 5.80. The molecular weight excluding hydrogens is 340 g/mol. The summed E-state index contributed by atoms with van der Waals surface area (Å²) >= 11 is 0. The minimum Gasteiger partial charge on any atom is -0.493 e. The molecule has 0 atom stereocenters. The van der Waals surface area contributed by atoms with Crippen LogP contribution in [0.5, 0.6) is 17.2 Å². The number of fused-ring (bicyclic) bond motifs is 1. The maximum absolute atomic E-state index is 12.5. The predicted octanol–water partition coefficient (Wildman–Crippen LogP) is 2.94. The van der Waals surface area contributed by atoms with Gasteiger partial charge in [0.1, 0.15) is 17.1 Å².